The molecule has 1 N–H and O–H groups in total. The van der Waals surface area contributed by atoms with Gasteiger partial charge in [0.15, 0.2) is 5.76 Å². The van der Waals surface area contributed by atoms with E-state index < -0.39 is 0 Å². The van der Waals surface area contributed by atoms with Gasteiger partial charge in [0.1, 0.15) is 11.5 Å². The first-order valence-corrected chi connectivity index (χ1v) is 6.80. The summed E-state index contributed by atoms with van der Waals surface area (Å²) in [6, 6.07) is 7.93. The molecule has 0 unspecified atom stereocenters. The Bertz CT molecular complexity index is 625. The molecule has 1 aromatic heterocycles. The molecule has 4 nitrogen and oxygen atoms in total. The topological polar surface area (TPSA) is 53.7 Å². The van der Waals surface area contributed by atoms with E-state index in [0.29, 0.717) is 16.3 Å². The lowest BCUT2D eigenvalue weighted by Crippen LogP contribution is -2.25. The summed E-state index contributed by atoms with van der Waals surface area (Å²) in [5.74, 6) is 0.765. The molecule has 0 aliphatic carbocycles. The maximum absolute atomic E-state index is 12.1. The Balaban J connectivity index is 2.13. The maximum atomic E-state index is 12.1. The Kier molecular flexibility index (Phi) is 4.57. The minimum Gasteiger partial charge on any atom is -0.508 e. The Morgan fingerprint density at radius 3 is 2.75 bits per heavy atom. The Labute approximate surface area is 126 Å². The number of halogens is 2. The quantitative estimate of drug-likeness (QED) is 0.877. The number of aromatic hydroxyl groups is 1. The van der Waals surface area contributed by atoms with Gasteiger partial charge in [-0.3, -0.25) is 4.79 Å². The third-order valence-electron chi connectivity index (χ3n) is 2.80. The Hall–Kier alpha value is -1.65. The van der Waals surface area contributed by atoms with Crippen molar-refractivity contribution in [3.63, 3.8) is 0 Å². The highest BCUT2D eigenvalue weighted by atomic mass is 35.5. The number of phenols is 1. The number of nitrogens with zero attached hydrogens (tertiary/aromatic N) is 1. The van der Waals surface area contributed by atoms with E-state index in [9.17, 15) is 9.90 Å². The van der Waals surface area contributed by atoms with Gasteiger partial charge >= 0.3 is 0 Å². The lowest BCUT2D eigenvalue weighted by atomic mass is 10.2. The van der Waals surface area contributed by atoms with Crippen LogP contribution in [-0.2, 0) is 12.4 Å². The summed E-state index contributed by atoms with van der Waals surface area (Å²) in [7, 11) is 1.62. The summed E-state index contributed by atoms with van der Waals surface area (Å²) in [6.07, 6.45) is 0. The molecule has 20 heavy (non-hydrogen) atoms. The zero-order chi connectivity index (χ0) is 14.7. The van der Waals surface area contributed by atoms with Crippen molar-refractivity contribution in [2.75, 3.05) is 7.05 Å². The summed E-state index contributed by atoms with van der Waals surface area (Å²) >= 11 is 11.5. The van der Waals surface area contributed by atoms with Crippen LogP contribution in [0.15, 0.2) is 34.7 Å². The van der Waals surface area contributed by atoms with Crippen molar-refractivity contribution in [1.29, 1.82) is 0 Å². The maximum Gasteiger partial charge on any atom is 0.289 e. The summed E-state index contributed by atoms with van der Waals surface area (Å²) in [4.78, 5) is 13.6. The Morgan fingerprint density at radius 1 is 1.35 bits per heavy atom. The highest BCUT2D eigenvalue weighted by Gasteiger charge is 2.17. The first-order chi connectivity index (χ1) is 9.51. The number of carbonyl (C=O) groups is 1. The van der Waals surface area contributed by atoms with E-state index in [-0.39, 0.29) is 29.8 Å². The lowest BCUT2D eigenvalue weighted by molar-refractivity contribution is 0.0751. The number of phenolic OH excluding ortho intramolecular Hbond substituents is 1. The molecular weight excluding hydrogens is 301 g/mol. The molecule has 6 heteroatoms. The van der Waals surface area contributed by atoms with E-state index in [1.165, 1.54) is 11.0 Å². The second kappa shape index (κ2) is 6.20. The molecule has 0 aliphatic heterocycles. The minimum absolute atomic E-state index is 0.0925. The van der Waals surface area contributed by atoms with Gasteiger partial charge in [-0.15, -0.1) is 11.6 Å². The van der Waals surface area contributed by atoms with Crippen LogP contribution in [-0.4, -0.2) is 23.0 Å². The highest BCUT2D eigenvalue weighted by Crippen LogP contribution is 2.23. The van der Waals surface area contributed by atoms with E-state index in [1.807, 2.05) is 0 Å². The lowest BCUT2D eigenvalue weighted by Gasteiger charge is -2.16. The van der Waals surface area contributed by atoms with Gasteiger partial charge in [-0.25, -0.2) is 0 Å². The van der Waals surface area contributed by atoms with Gasteiger partial charge in [0.25, 0.3) is 5.91 Å². The van der Waals surface area contributed by atoms with Crippen molar-refractivity contribution >= 4 is 29.1 Å². The van der Waals surface area contributed by atoms with E-state index in [4.69, 9.17) is 27.6 Å². The van der Waals surface area contributed by atoms with Crippen molar-refractivity contribution < 1.29 is 14.3 Å². The van der Waals surface area contributed by atoms with Gasteiger partial charge in [-0.2, -0.15) is 0 Å². The van der Waals surface area contributed by atoms with Crippen molar-refractivity contribution in [3.05, 3.63) is 52.4 Å². The SMILES string of the molecule is CN(Cc1cc(Cl)ccc1O)C(=O)c1ccc(CCl)o1. The van der Waals surface area contributed by atoms with Gasteiger partial charge in [-0.05, 0) is 30.3 Å². The molecule has 1 amide bonds. The Morgan fingerprint density at radius 2 is 2.10 bits per heavy atom. The van der Waals surface area contributed by atoms with Crippen LogP contribution in [0.4, 0.5) is 0 Å². The molecule has 106 valence electrons. The number of hydrogen-bond donors (Lipinski definition) is 1. The molecule has 1 aromatic carbocycles. The molecule has 0 spiro atoms. The third-order valence-corrected chi connectivity index (χ3v) is 3.30. The molecule has 0 bridgehead atoms. The normalized spacial score (nSPS) is 10.6. The van der Waals surface area contributed by atoms with E-state index >= 15 is 0 Å². The molecule has 2 aromatic rings. The second-order valence-corrected chi connectivity index (χ2v) is 5.04. The molecular formula is C14H13Cl2NO3. The molecule has 2 rings (SSSR count). The van der Waals surface area contributed by atoms with Crippen LogP contribution in [0.2, 0.25) is 5.02 Å². The standard InChI is InChI=1S/C14H13Cl2NO3/c1-17(8-9-6-10(16)2-4-12(9)18)14(19)13-5-3-11(7-15)20-13/h2-6,18H,7-8H2,1H3. The number of amides is 1. The second-order valence-electron chi connectivity index (χ2n) is 4.33. The van der Waals surface area contributed by atoms with E-state index in [1.54, 1.807) is 31.3 Å². The fourth-order valence-corrected chi connectivity index (χ4v) is 2.10. The van der Waals surface area contributed by atoms with Crippen LogP contribution in [0.25, 0.3) is 0 Å². The molecule has 0 radical (unpaired) electrons. The van der Waals surface area contributed by atoms with E-state index in [0.717, 1.165) is 0 Å². The molecule has 0 aliphatic rings. The largest absolute Gasteiger partial charge is 0.508 e. The zero-order valence-corrected chi connectivity index (χ0v) is 12.3. The number of hydrogen-bond acceptors (Lipinski definition) is 3. The predicted octanol–water partition coefficient (Wildman–Crippen LogP) is 3.65. The molecule has 0 atom stereocenters. The number of carbonyl (C=O) groups excluding carboxylic acids is 1. The summed E-state index contributed by atoms with van der Waals surface area (Å²) in [6.45, 7) is 0.224. The smallest absolute Gasteiger partial charge is 0.289 e. The summed E-state index contributed by atoms with van der Waals surface area (Å²) in [5, 5.41) is 10.2. The van der Waals surface area contributed by atoms with Crippen molar-refractivity contribution in [1.82, 2.24) is 4.90 Å². The van der Waals surface area contributed by atoms with Gasteiger partial charge in [0, 0.05) is 24.2 Å². The number of rotatable bonds is 4. The first-order valence-electron chi connectivity index (χ1n) is 5.89. The van der Waals surface area contributed by atoms with Crippen LogP contribution >= 0.6 is 23.2 Å². The van der Waals surface area contributed by atoms with Crippen LogP contribution < -0.4 is 0 Å². The number of furan rings is 1. The van der Waals surface area contributed by atoms with Crippen LogP contribution in [0.5, 0.6) is 5.75 Å². The minimum atomic E-state index is -0.291. The summed E-state index contributed by atoms with van der Waals surface area (Å²) in [5.41, 5.74) is 0.567. The van der Waals surface area contributed by atoms with Crippen LogP contribution in [0.1, 0.15) is 21.9 Å². The first kappa shape index (κ1) is 14.8. The van der Waals surface area contributed by atoms with Crippen molar-refractivity contribution in [3.8, 4) is 5.75 Å². The van der Waals surface area contributed by atoms with Crippen molar-refractivity contribution in [2.24, 2.45) is 0 Å². The number of alkyl halides is 1. The van der Waals surface area contributed by atoms with Crippen LogP contribution in [0, 0.1) is 0 Å². The molecule has 1 heterocycles. The average molecular weight is 314 g/mol. The molecule has 0 saturated carbocycles. The predicted molar refractivity (Wildman–Crippen MR) is 77.2 cm³/mol. The summed E-state index contributed by atoms with van der Waals surface area (Å²) < 4.78 is 5.30. The zero-order valence-electron chi connectivity index (χ0n) is 10.8. The van der Waals surface area contributed by atoms with Crippen molar-refractivity contribution in [2.45, 2.75) is 12.4 Å². The van der Waals surface area contributed by atoms with E-state index in [2.05, 4.69) is 0 Å². The van der Waals surface area contributed by atoms with Gasteiger partial charge in [0.2, 0.25) is 0 Å². The average Bonchev–Trinajstić information content (AvgIpc) is 2.90. The fraction of sp³-hybridized carbons (Fsp3) is 0.214. The molecule has 0 fully saturated rings. The monoisotopic (exact) mass is 313 g/mol. The third kappa shape index (κ3) is 3.26. The van der Waals surface area contributed by atoms with Gasteiger partial charge < -0.3 is 14.4 Å². The molecule has 0 saturated heterocycles. The number of benzene rings is 1. The van der Waals surface area contributed by atoms with Gasteiger partial charge in [-0.1, -0.05) is 11.6 Å². The highest BCUT2D eigenvalue weighted by molar-refractivity contribution is 6.30. The van der Waals surface area contributed by atoms with Gasteiger partial charge in [0.05, 0.1) is 5.88 Å². The van der Waals surface area contributed by atoms with Crippen LogP contribution in [0.3, 0.4) is 0 Å². The fourth-order valence-electron chi connectivity index (χ4n) is 1.76.